The topological polar surface area (TPSA) is 107 Å². The maximum atomic E-state index is 13.0. The number of carbonyl (C=O) groups excluding carboxylic acids is 3. The Morgan fingerprint density at radius 2 is 1.56 bits per heavy atom. The highest BCUT2D eigenvalue weighted by Gasteiger charge is 2.49. The zero-order chi connectivity index (χ0) is 22.5. The number of carbonyl (C=O) groups is 3. The van der Waals surface area contributed by atoms with Gasteiger partial charge in [-0.05, 0) is 43.9 Å². The van der Waals surface area contributed by atoms with Gasteiger partial charge in [0, 0.05) is 43.8 Å². The second kappa shape index (κ2) is 8.06. The fourth-order valence-corrected chi connectivity index (χ4v) is 6.70. The molecule has 0 radical (unpaired) electrons. The van der Waals surface area contributed by atoms with E-state index in [9.17, 15) is 22.8 Å². The van der Waals surface area contributed by atoms with Crippen molar-refractivity contribution in [3.63, 3.8) is 0 Å². The number of hydrogen-bond donors (Lipinski definition) is 1. The molecule has 2 aliphatic carbocycles. The van der Waals surface area contributed by atoms with Gasteiger partial charge >= 0.3 is 6.03 Å². The fourth-order valence-electron chi connectivity index (χ4n) is 4.86. The molecule has 32 heavy (non-hydrogen) atoms. The minimum absolute atomic E-state index is 0.0775. The minimum atomic E-state index is -3.90. The van der Waals surface area contributed by atoms with E-state index in [-0.39, 0.29) is 40.0 Å². The predicted octanol–water partition coefficient (Wildman–Crippen LogP) is 1.79. The van der Waals surface area contributed by atoms with Crippen molar-refractivity contribution in [3.8, 4) is 0 Å². The van der Waals surface area contributed by atoms with Crippen LogP contribution in [0.5, 0.6) is 0 Å². The van der Waals surface area contributed by atoms with E-state index in [1.165, 1.54) is 24.6 Å². The van der Waals surface area contributed by atoms with E-state index in [4.69, 9.17) is 0 Å². The molecule has 4 amide bonds. The van der Waals surface area contributed by atoms with Gasteiger partial charge in [-0.2, -0.15) is 0 Å². The molecule has 0 aromatic heterocycles. The number of rotatable bonds is 3. The smallest absolute Gasteiger partial charge is 0.317 e. The van der Waals surface area contributed by atoms with Crippen molar-refractivity contribution in [1.29, 1.82) is 0 Å². The number of nitrogens with one attached hydrogen (secondary N) is 1. The first-order valence-corrected chi connectivity index (χ1v) is 12.9. The fraction of sp³-hybridized carbons (Fsp3) is 0.591. The zero-order valence-electron chi connectivity index (χ0n) is 18.0. The van der Waals surface area contributed by atoms with Crippen molar-refractivity contribution in [1.82, 2.24) is 19.4 Å². The highest BCUT2D eigenvalue weighted by atomic mass is 32.2. The van der Waals surface area contributed by atoms with Crippen LogP contribution < -0.4 is 5.32 Å². The maximum Gasteiger partial charge on any atom is 0.317 e. The zero-order valence-corrected chi connectivity index (χ0v) is 18.8. The Morgan fingerprint density at radius 1 is 0.906 bits per heavy atom. The third kappa shape index (κ3) is 3.74. The Morgan fingerprint density at radius 3 is 2.22 bits per heavy atom. The number of amides is 4. The van der Waals surface area contributed by atoms with E-state index in [0.29, 0.717) is 39.0 Å². The van der Waals surface area contributed by atoms with Gasteiger partial charge in [0.05, 0.1) is 5.56 Å². The molecule has 0 bridgehead atoms. The third-order valence-electron chi connectivity index (χ3n) is 6.86. The molecule has 0 unspecified atom stereocenters. The van der Waals surface area contributed by atoms with Crippen LogP contribution in [0.1, 0.15) is 65.7 Å². The van der Waals surface area contributed by atoms with Crippen molar-refractivity contribution in [2.45, 2.75) is 61.9 Å². The first-order valence-electron chi connectivity index (χ1n) is 11.4. The van der Waals surface area contributed by atoms with Crippen molar-refractivity contribution < 1.29 is 22.8 Å². The number of urea groups is 1. The average molecular weight is 461 g/mol. The molecule has 2 saturated carbocycles. The van der Waals surface area contributed by atoms with E-state index in [0.717, 1.165) is 30.0 Å². The van der Waals surface area contributed by atoms with Gasteiger partial charge < -0.3 is 15.1 Å². The van der Waals surface area contributed by atoms with Gasteiger partial charge in [0.1, 0.15) is 4.90 Å². The monoisotopic (exact) mass is 460 g/mol. The first-order chi connectivity index (χ1) is 15.4. The van der Waals surface area contributed by atoms with Gasteiger partial charge in [-0.25, -0.2) is 17.5 Å². The normalized spacial score (nSPS) is 23.2. The number of piperazine rings is 1. The number of hydrogen-bond acceptors (Lipinski definition) is 5. The largest absolute Gasteiger partial charge is 0.335 e. The Hall–Kier alpha value is -2.62. The molecule has 1 aromatic rings. The highest BCUT2D eigenvalue weighted by molar-refractivity contribution is 7.90. The van der Waals surface area contributed by atoms with Crippen LogP contribution in [-0.2, 0) is 10.0 Å². The lowest BCUT2D eigenvalue weighted by Crippen LogP contribution is -2.54. The lowest BCUT2D eigenvalue weighted by molar-refractivity contribution is 0.0662. The average Bonchev–Trinajstić information content (AvgIpc) is 3.61. The lowest BCUT2D eigenvalue weighted by atomic mass is 9.96. The molecule has 4 aliphatic rings. The Balaban J connectivity index is 1.23. The highest BCUT2D eigenvalue weighted by Crippen LogP contribution is 2.39. The Kier molecular flexibility index (Phi) is 5.35. The number of nitrogens with zero attached hydrogens (tertiary/aromatic N) is 3. The summed E-state index contributed by atoms with van der Waals surface area (Å²) in [5.41, 5.74) is 0.385. The van der Waals surface area contributed by atoms with Crippen LogP contribution in [-0.4, -0.2) is 78.6 Å². The van der Waals surface area contributed by atoms with Gasteiger partial charge in [-0.15, -0.1) is 0 Å². The van der Waals surface area contributed by atoms with E-state index in [2.05, 4.69) is 5.32 Å². The molecule has 9 nitrogen and oxygen atoms in total. The summed E-state index contributed by atoms with van der Waals surface area (Å²) in [4.78, 5) is 41.4. The molecular formula is C22H28N4O5S. The third-order valence-corrected chi connectivity index (χ3v) is 8.74. The van der Waals surface area contributed by atoms with Gasteiger partial charge in [0.2, 0.25) is 0 Å². The van der Waals surface area contributed by atoms with Gasteiger partial charge in [-0.3, -0.25) is 9.59 Å². The summed E-state index contributed by atoms with van der Waals surface area (Å²) in [6.07, 6.45) is 6.93. The van der Waals surface area contributed by atoms with Crippen LogP contribution >= 0.6 is 0 Å². The number of benzene rings is 1. The van der Waals surface area contributed by atoms with Crippen LogP contribution in [0, 0.1) is 0 Å². The van der Waals surface area contributed by atoms with E-state index >= 15 is 0 Å². The second-order valence-corrected chi connectivity index (χ2v) is 10.9. The van der Waals surface area contributed by atoms with Crippen LogP contribution in [0.4, 0.5) is 4.79 Å². The molecule has 1 aromatic carbocycles. The summed E-state index contributed by atoms with van der Waals surface area (Å²) in [6, 6.07) is 4.20. The Labute approximate surface area is 187 Å². The SMILES string of the molecule is O=C(NC1CCCCC1)N1CCN(C(=O)c2ccc3c(c2)S(=O)(=O)N(C2CC2)C3=O)CC1. The van der Waals surface area contributed by atoms with Crippen molar-refractivity contribution in [2.24, 2.45) is 0 Å². The molecular weight excluding hydrogens is 432 g/mol. The molecule has 0 atom stereocenters. The lowest BCUT2D eigenvalue weighted by Gasteiger charge is -2.36. The van der Waals surface area contributed by atoms with E-state index in [1.54, 1.807) is 9.80 Å². The van der Waals surface area contributed by atoms with Gasteiger partial charge in [0.25, 0.3) is 21.8 Å². The number of sulfonamides is 1. The van der Waals surface area contributed by atoms with Crippen LogP contribution in [0.2, 0.25) is 0 Å². The van der Waals surface area contributed by atoms with Crippen molar-refractivity contribution in [3.05, 3.63) is 29.3 Å². The van der Waals surface area contributed by atoms with E-state index < -0.39 is 15.9 Å². The molecule has 2 aliphatic heterocycles. The summed E-state index contributed by atoms with van der Waals surface area (Å²) >= 11 is 0. The van der Waals surface area contributed by atoms with Gasteiger partial charge in [0.15, 0.2) is 0 Å². The minimum Gasteiger partial charge on any atom is -0.335 e. The van der Waals surface area contributed by atoms with Crippen molar-refractivity contribution in [2.75, 3.05) is 26.2 Å². The summed E-state index contributed by atoms with van der Waals surface area (Å²) < 4.78 is 26.6. The summed E-state index contributed by atoms with van der Waals surface area (Å²) in [5.74, 6) is -0.785. The van der Waals surface area contributed by atoms with Gasteiger partial charge in [-0.1, -0.05) is 19.3 Å². The van der Waals surface area contributed by atoms with Crippen LogP contribution in [0.3, 0.4) is 0 Å². The molecule has 10 heteroatoms. The van der Waals surface area contributed by atoms with Crippen LogP contribution in [0.15, 0.2) is 23.1 Å². The molecule has 172 valence electrons. The molecule has 1 saturated heterocycles. The first kappa shape index (κ1) is 21.2. The van der Waals surface area contributed by atoms with Crippen LogP contribution in [0.25, 0.3) is 0 Å². The van der Waals surface area contributed by atoms with Crippen molar-refractivity contribution >= 4 is 27.9 Å². The van der Waals surface area contributed by atoms with E-state index in [1.807, 2.05) is 0 Å². The molecule has 1 N–H and O–H groups in total. The predicted molar refractivity (Wildman–Crippen MR) is 116 cm³/mol. The Bertz CT molecular complexity index is 1050. The summed E-state index contributed by atoms with van der Waals surface area (Å²) in [5, 5.41) is 3.10. The molecule has 0 spiro atoms. The summed E-state index contributed by atoms with van der Waals surface area (Å²) in [7, 11) is -3.90. The molecule has 5 rings (SSSR count). The summed E-state index contributed by atoms with van der Waals surface area (Å²) in [6.45, 7) is 1.63. The quantitative estimate of drug-likeness (QED) is 0.740. The molecule has 2 heterocycles. The standard InChI is InChI=1S/C22H28N4O5S/c27-20(24-10-12-25(13-11-24)22(29)23-16-4-2-1-3-5-16)15-6-9-18-19(14-15)32(30,31)26(21(18)28)17-7-8-17/h6,9,14,16-17H,1-5,7-8,10-13H2,(H,23,29). The molecule has 3 fully saturated rings. The maximum absolute atomic E-state index is 13.0. The number of fused-ring (bicyclic) bond motifs is 1. The second-order valence-electron chi connectivity index (χ2n) is 9.11.